The lowest BCUT2D eigenvalue weighted by Crippen LogP contribution is -2.31. The average Bonchev–Trinajstić information content (AvgIpc) is 2.80. The van der Waals surface area contributed by atoms with Crippen LogP contribution in [0.1, 0.15) is 49.0 Å². The Labute approximate surface area is 188 Å². The number of hydrogen-bond donors (Lipinski definition) is 1. The molecule has 1 N–H and O–H groups in total. The Balaban J connectivity index is 1.55. The van der Waals surface area contributed by atoms with Crippen LogP contribution in [0.2, 0.25) is 0 Å². The molecule has 1 aliphatic heterocycles. The van der Waals surface area contributed by atoms with Crippen LogP contribution in [0.15, 0.2) is 42.5 Å². The van der Waals surface area contributed by atoms with E-state index in [2.05, 4.69) is 10.2 Å². The van der Waals surface area contributed by atoms with Crippen molar-refractivity contribution < 1.29 is 23.9 Å². The van der Waals surface area contributed by atoms with Crippen molar-refractivity contribution in [3.63, 3.8) is 0 Å². The number of piperidine rings is 1. The van der Waals surface area contributed by atoms with E-state index in [1.165, 1.54) is 40.2 Å². The second kappa shape index (κ2) is 10.8. The van der Waals surface area contributed by atoms with E-state index in [9.17, 15) is 14.4 Å². The number of amides is 1. The zero-order chi connectivity index (χ0) is 23.1. The van der Waals surface area contributed by atoms with Crippen LogP contribution < -0.4 is 15.0 Å². The molecule has 32 heavy (non-hydrogen) atoms. The lowest BCUT2D eigenvalue weighted by atomic mass is 10.0. The van der Waals surface area contributed by atoms with E-state index in [4.69, 9.17) is 9.47 Å². The van der Waals surface area contributed by atoms with Gasteiger partial charge in [0.1, 0.15) is 5.75 Å². The van der Waals surface area contributed by atoms with E-state index >= 15 is 0 Å². The minimum Gasteiger partial charge on any atom is -0.496 e. The summed E-state index contributed by atoms with van der Waals surface area (Å²) in [5.41, 5.74) is 2.80. The molecule has 1 heterocycles. The fourth-order valence-corrected chi connectivity index (χ4v) is 3.74. The van der Waals surface area contributed by atoms with Crippen molar-refractivity contribution >= 4 is 29.0 Å². The molecule has 7 heteroatoms. The molecule has 1 atom stereocenters. The highest BCUT2D eigenvalue weighted by molar-refractivity contribution is 5.96. The molecule has 0 aromatic heterocycles. The summed E-state index contributed by atoms with van der Waals surface area (Å²) in [5, 5.41) is 2.78. The van der Waals surface area contributed by atoms with Gasteiger partial charge in [-0.25, -0.2) is 0 Å². The summed E-state index contributed by atoms with van der Waals surface area (Å²) in [6.07, 6.45) is 2.60. The van der Waals surface area contributed by atoms with Crippen LogP contribution in [0.5, 0.6) is 5.75 Å². The quantitative estimate of drug-likeness (QED) is 0.495. The van der Waals surface area contributed by atoms with Gasteiger partial charge in [0.2, 0.25) is 0 Å². The molecule has 0 radical (unpaired) electrons. The fourth-order valence-electron chi connectivity index (χ4n) is 3.74. The minimum atomic E-state index is -0.966. The number of ether oxygens (including phenoxy) is 2. The third-order valence-corrected chi connectivity index (χ3v) is 5.56. The summed E-state index contributed by atoms with van der Waals surface area (Å²) in [7, 11) is 1.49. The Morgan fingerprint density at radius 2 is 1.72 bits per heavy atom. The SMILES string of the molecule is COc1ccc(C(C)=O)cc1CC(=O)O[C@@H](C)C(=O)Nc1ccc(N2CCCCC2)cc1. The molecule has 1 fully saturated rings. The zero-order valence-electron chi connectivity index (χ0n) is 18.8. The van der Waals surface area contributed by atoms with Gasteiger partial charge in [-0.15, -0.1) is 0 Å². The summed E-state index contributed by atoms with van der Waals surface area (Å²) in [4.78, 5) is 38.9. The van der Waals surface area contributed by atoms with Gasteiger partial charge in [-0.05, 0) is 75.6 Å². The molecule has 7 nitrogen and oxygen atoms in total. The van der Waals surface area contributed by atoms with Gasteiger partial charge in [0.15, 0.2) is 11.9 Å². The fraction of sp³-hybridized carbons (Fsp3) is 0.400. The van der Waals surface area contributed by atoms with Gasteiger partial charge in [-0.3, -0.25) is 14.4 Å². The number of ketones is 1. The molecule has 0 spiro atoms. The lowest BCUT2D eigenvalue weighted by molar-refractivity contribution is -0.152. The van der Waals surface area contributed by atoms with E-state index < -0.39 is 18.0 Å². The Morgan fingerprint density at radius 3 is 2.34 bits per heavy atom. The maximum atomic E-state index is 12.5. The molecule has 3 rings (SSSR count). The second-order valence-electron chi connectivity index (χ2n) is 7.98. The summed E-state index contributed by atoms with van der Waals surface area (Å²) < 4.78 is 10.6. The molecular weight excluding hydrogens is 408 g/mol. The van der Waals surface area contributed by atoms with Crippen molar-refractivity contribution in [1.82, 2.24) is 0 Å². The van der Waals surface area contributed by atoms with Crippen molar-refractivity contribution in [2.24, 2.45) is 0 Å². The topological polar surface area (TPSA) is 84.9 Å². The van der Waals surface area contributed by atoms with Crippen LogP contribution >= 0.6 is 0 Å². The lowest BCUT2D eigenvalue weighted by Gasteiger charge is -2.28. The van der Waals surface area contributed by atoms with E-state index in [1.54, 1.807) is 18.2 Å². The number of Topliss-reactive ketones (excluding diaryl/α,β-unsaturated/α-hetero) is 1. The van der Waals surface area contributed by atoms with Crippen molar-refractivity contribution in [1.29, 1.82) is 0 Å². The van der Waals surface area contributed by atoms with Crippen molar-refractivity contribution in [3.8, 4) is 5.75 Å². The van der Waals surface area contributed by atoms with Crippen LogP contribution in [-0.2, 0) is 20.7 Å². The Kier molecular flexibility index (Phi) is 7.87. The predicted molar refractivity (Wildman–Crippen MR) is 123 cm³/mol. The number of esters is 1. The number of carbonyl (C=O) groups excluding carboxylic acids is 3. The van der Waals surface area contributed by atoms with Gasteiger partial charge in [-0.2, -0.15) is 0 Å². The van der Waals surface area contributed by atoms with E-state index in [1.807, 2.05) is 24.3 Å². The molecule has 0 aliphatic carbocycles. The highest BCUT2D eigenvalue weighted by Crippen LogP contribution is 2.23. The Bertz CT molecular complexity index is 965. The van der Waals surface area contributed by atoms with Crippen LogP contribution in [-0.4, -0.2) is 44.0 Å². The molecule has 2 aromatic rings. The van der Waals surface area contributed by atoms with Gasteiger partial charge in [0.05, 0.1) is 13.5 Å². The third-order valence-electron chi connectivity index (χ3n) is 5.56. The molecule has 1 aliphatic rings. The van der Waals surface area contributed by atoms with Gasteiger partial charge in [0, 0.05) is 35.6 Å². The first-order chi connectivity index (χ1) is 15.4. The van der Waals surface area contributed by atoms with Crippen LogP contribution in [0.4, 0.5) is 11.4 Å². The van der Waals surface area contributed by atoms with Crippen molar-refractivity contribution in [2.75, 3.05) is 30.4 Å². The Morgan fingerprint density at radius 1 is 1.03 bits per heavy atom. The number of nitrogens with one attached hydrogen (secondary N) is 1. The van der Waals surface area contributed by atoms with Crippen LogP contribution in [0.25, 0.3) is 0 Å². The van der Waals surface area contributed by atoms with Gasteiger partial charge >= 0.3 is 5.97 Å². The van der Waals surface area contributed by atoms with Crippen LogP contribution in [0.3, 0.4) is 0 Å². The smallest absolute Gasteiger partial charge is 0.311 e. The van der Waals surface area contributed by atoms with Gasteiger partial charge < -0.3 is 19.7 Å². The van der Waals surface area contributed by atoms with E-state index in [-0.39, 0.29) is 12.2 Å². The summed E-state index contributed by atoms with van der Waals surface area (Å²) in [5.74, 6) is -0.611. The molecule has 0 saturated carbocycles. The molecule has 2 aromatic carbocycles. The standard InChI is InChI=1S/C25H30N2O5/c1-17(28)19-7-12-23(31-3)20(15-19)16-24(29)32-18(2)25(30)26-21-8-10-22(11-9-21)27-13-5-4-6-14-27/h7-12,15,18H,4-6,13-14,16H2,1-3H3,(H,26,30)/t18-/m0/s1. The number of nitrogens with zero attached hydrogens (tertiary/aromatic N) is 1. The number of methoxy groups -OCH3 is 1. The summed E-state index contributed by atoms with van der Waals surface area (Å²) in [6.45, 7) is 5.09. The monoisotopic (exact) mass is 438 g/mol. The molecule has 1 saturated heterocycles. The number of benzene rings is 2. The average molecular weight is 439 g/mol. The summed E-state index contributed by atoms with van der Waals surface area (Å²) >= 11 is 0. The second-order valence-corrected chi connectivity index (χ2v) is 7.98. The largest absolute Gasteiger partial charge is 0.496 e. The first kappa shape index (κ1) is 23.3. The normalized spacial score (nSPS) is 14.4. The first-order valence-corrected chi connectivity index (χ1v) is 10.9. The predicted octanol–water partition coefficient (Wildman–Crippen LogP) is 4.00. The third kappa shape index (κ3) is 6.09. The summed E-state index contributed by atoms with van der Waals surface area (Å²) in [6, 6.07) is 12.6. The zero-order valence-corrected chi connectivity index (χ0v) is 18.8. The van der Waals surface area contributed by atoms with Gasteiger partial charge in [-0.1, -0.05) is 0 Å². The molecule has 170 valence electrons. The highest BCUT2D eigenvalue weighted by atomic mass is 16.5. The molecular formula is C25H30N2O5. The maximum absolute atomic E-state index is 12.5. The molecule has 0 unspecified atom stereocenters. The van der Waals surface area contributed by atoms with Crippen molar-refractivity contribution in [2.45, 2.75) is 45.6 Å². The number of rotatable bonds is 8. The van der Waals surface area contributed by atoms with Gasteiger partial charge in [0.25, 0.3) is 5.91 Å². The number of carbonyl (C=O) groups is 3. The van der Waals surface area contributed by atoms with E-state index in [0.717, 1.165) is 18.8 Å². The minimum absolute atomic E-state index is 0.105. The number of anilines is 2. The first-order valence-electron chi connectivity index (χ1n) is 10.9. The highest BCUT2D eigenvalue weighted by Gasteiger charge is 2.20. The van der Waals surface area contributed by atoms with Crippen LogP contribution in [0, 0.1) is 0 Å². The van der Waals surface area contributed by atoms with Crippen molar-refractivity contribution in [3.05, 3.63) is 53.6 Å². The Hall–Kier alpha value is -3.35. The molecule has 0 bridgehead atoms. The van der Waals surface area contributed by atoms with E-state index in [0.29, 0.717) is 22.6 Å². The molecule has 1 amide bonds. The maximum Gasteiger partial charge on any atom is 0.311 e. The number of hydrogen-bond acceptors (Lipinski definition) is 6.